The molecule has 0 spiro atoms. The average molecular weight is 397 g/mol. The first-order valence-corrected chi connectivity index (χ1v) is 9.90. The maximum absolute atomic E-state index is 13.9. The van der Waals surface area contributed by atoms with Gasteiger partial charge in [-0.3, -0.25) is 9.69 Å². The Hall–Kier alpha value is -2.73. The number of piperidine rings is 1. The highest BCUT2D eigenvalue weighted by molar-refractivity contribution is 5.98. The first-order chi connectivity index (χ1) is 14.0. The maximum atomic E-state index is 13.9. The molecule has 2 fully saturated rings. The Labute approximate surface area is 169 Å². The van der Waals surface area contributed by atoms with Crippen LogP contribution in [0.2, 0.25) is 0 Å². The first-order valence-electron chi connectivity index (χ1n) is 9.90. The van der Waals surface area contributed by atoms with Gasteiger partial charge in [-0.05, 0) is 37.0 Å². The van der Waals surface area contributed by atoms with Crippen molar-refractivity contribution in [1.82, 2.24) is 4.90 Å². The van der Waals surface area contributed by atoms with Crippen molar-refractivity contribution >= 4 is 11.9 Å². The van der Waals surface area contributed by atoms with E-state index in [9.17, 15) is 14.0 Å². The van der Waals surface area contributed by atoms with Gasteiger partial charge in [0.1, 0.15) is 12.4 Å². The summed E-state index contributed by atoms with van der Waals surface area (Å²) in [5.41, 5.74) is 1.83. The predicted molar refractivity (Wildman–Crippen MR) is 105 cm³/mol. The Bertz CT molecular complexity index is 887. The van der Waals surface area contributed by atoms with Crippen molar-refractivity contribution in [2.75, 3.05) is 13.2 Å². The molecule has 2 bridgehead atoms. The molecule has 4 rings (SSSR count). The van der Waals surface area contributed by atoms with E-state index in [-0.39, 0.29) is 42.3 Å². The highest BCUT2D eigenvalue weighted by Crippen LogP contribution is 2.34. The van der Waals surface area contributed by atoms with Crippen molar-refractivity contribution in [3.05, 3.63) is 71.0 Å². The molecule has 0 radical (unpaired) electrons. The SMILES string of the molecule is Cc1ccc(C(=O)C2CC3COCC(C2)N3C(=O)OCc2ccccc2)cc1F. The number of ether oxygens (including phenoxy) is 2. The Morgan fingerprint density at radius 2 is 1.79 bits per heavy atom. The Balaban J connectivity index is 1.43. The highest BCUT2D eigenvalue weighted by atomic mass is 19.1. The molecule has 2 heterocycles. The van der Waals surface area contributed by atoms with Crippen LogP contribution in [0.15, 0.2) is 48.5 Å². The lowest BCUT2D eigenvalue weighted by Gasteiger charge is -2.47. The lowest BCUT2D eigenvalue weighted by Crippen LogP contribution is -2.59. The number of amides is 1. The van der Waals surface area contributed by atoms with Crippen molar-refractivity contribution < 1.29 is 23.5 Å². The molecule has 2 atom stereocenters. The minimum atomic E-state index is -0.376. The molecule has 2 aromatic rings. The van der Waals surface area contributed by atoms with Gasteiger partial charge < -0.3 is 9.47 Å². The molecule has 2 unspecified atom stereocenters. The maximum Gasteiger partial charge on any atom is 0.410 e. The second-order valence-electron chi connectivity index (χ2n) is 7.79. The van der Waals surface area contributed by atoms with Crippen LogP contribution in [0.3, 0.4) is 0 Å². The molecular formula is C23H24FNO4. The van der Waals surface area contributed by atoms with Crippen LogP contribution in [-0.2, 0) is 16.1 Å². The van der Waals surface area contributed by atoms with E-state index in [0.29, 0.717) is 37.2 Å². The largest absolute Gasteiger partial charge is 0.445 e. The third-order valence-electron chi connectivity index (χ3n) is 5.76. The molecule has 6 heteroatoms. The van der Waals surface area contributed by atoms with Gasteiger partial charge in [0.2, 0.25) is 0 Å². The van der Waals surface area contributed by atoms with Crippen LogP contribution in [0.1, 0.15) is 34.3 Å². The monoisotopic (exact) mass is 397 g/mol. The van der Waals surface area contributed by atoms with Crippen molar-refractivity contribution in [2.45, 2.75) is 38.5 Å². The second-order valence-corrected chi connectivity index (χ2v) is 7.79. The number of benzene rings is 2. The molecule has 1 amide bonds. The van der Waals surface area contributed by atoms with Crippen molar-refractivity contribution in [2.24, 2.45) is 5.92 Å². The Kier molecular flexibility index (Phi) is 5.62. The summed E-state index contributed by atoms with van der Waals surface area (Å²) in [6.45, 7) is 2.64. The molecule has 29 heavy (non-hydrogen) atoms. The molecule has 5 nitrogen and oxygen atoms in total. The van der Waals surface area contributed by atoms with Gasteiger partial charge in [-0.25, -0.2) is 9.18 Å². The van der Waals surface area contributed by atoms with E-state index < -0.39 is 0 Å². The summed E-state index contributed by atoms with van der Waals surface area (Å²) in [6.07, 6.45) is 0.607. The minimum absolute atomic E-state index is 0.0712. The number of halogens is 1. The van der Waals surface area contributed by atoms with E-state index in [1.54, 1.807) is 24.0 Å². The first kappa shape index (κ1) is 19.6. The molecule has 2 aromatic carbocycles. The zero-order chi connectivity index (χ0) is 20.4. The minimum Gasteiger partial charge on any atom is -0.445 e. The number of carbonyl (C=O) groups is 2. The normalized spacial score (nSPS) is 23.5. The average Bonchev–Trinajstić information content (AvgIpc) is 2.73. The summed E-state index contributed by atoms with van der Waals surface area (Å²) in [5.74, 6) is -0.700. The molecule has 2 aliphatic heterocycles. The van der Waals surface area contributed by atoms with Gasteiger partial charge in [-0.1, -0.05) is 42.5 Å². The summed E-state index contributed by atoms with van der Waals surface area (Å²) in [6, 6.07) is 13.7. The number of nitrogens with zero attached hydrogens (tertiary/aromatic N) is 1. The van der Waals surface area contributed by atoms with E-state index in [1.165, 1.54) is 6.07 Å². The van der Waals surface area contributed by atoms with E-state index in [1.807, 2.05) is 30.3 Å². The third kappa shape index (κ3) is 4.17. The Morgan fingerprint density at radius 3 is 2.45 bits per heavy atom. The quantitative estimate of drug-likeness (QED) is 0.728. The van der Waals surface area contributed by atoms with E-state index in [0.717, 1.165) is 5.56 Å². The van der Waals surface area contributed by atoms with Crippen molar-refractivity contribution in [1.29, 1.82) is 0 Å². The van der Waals surface area contributed by atoms with Crippen LogP contribution in [0.4, 0.5) is 9.18 Å². The number of carbonyl (C=O) groups excluding carboxylic acids is 2. The number of hydrogen-bond donors (Lipinski definition) is 0. The fourth-order valence-corrected chi connectivity index (χ4v) is 4.20. The Morgan fingerprint density at radius 1 is 1.10 bits per heavy atom. The summed E-state index contributed by atoms with van der Waals surface area (Å²) in [4.78, 5) is 27.4. The standard InChI is InChI=1S/C23H24FNO4/c1-15-7-8-17(11-21(15)24)22(26)18-9-19-13-28-14-20(10-18)25(19)23(27)29-12-16-5-3-2-4-6-16/h2-8,11,18-20H,9-10,12-14H2,1H3. The van der Waals surface area contributed by atoms with Crippen LogP contribution in [-0.4, -0.2) is 42.1 Å². The zero-order valence-electron chi connectivity index (χ0n) is 16.3. The topological polar surface area (TPSA) is 55.8 Å². The van der Waals surface area contributed by atoms with Gasteiger partial charge in [0, 0.05) is 11.5 Å². The van der Waals surface area contributed by atoms with Crippen LogP contribution in [0, 0.1) is 18.7 Å². The van der Waals surface area contributed by atoms with Crippen LogP contribution < -0.4 is 0 Å². The van der Waals surface area contributed by atoms with Gasteiger partial charge in [0.05, 0.1) is 25.3 Å². The summed E-state index contributed by atoms with van der Waals surface area (Å²) < 4.78 is 25.0. The van der Waals surface area contributed by atoms with E-state index >= 15 is 0 Å². The van der Waals surface area contributed by atoms with E-state index in [4.69, 9.17) is 9.47 Å². The molecule has 2 saturated heterocycles. The lowest BCUT2D eigenvalue weighted by atomic mass is 9.80. The number of rotatable bonds is 4. The molecule has 152 valence electrons. The van der Waals surface area contributed by atoms with Crippen LogP contribution in [0.5, 0.6) is 0 Å². The van der Waals surface area contributed by atoms with Crippen molar-refractivity contribution in [3.8, 4) is 0 Å². The fraction of sp³-hybridized carbons (Fsp3) is 0.391. The molecule has 0 aromatic heterocycles. The third-order valence-corrected chi connectivity index (χ3v) is 5.76. The van der Waals surface area contributed by atoms with Gasteiger partial charge in [0.25, 0.3) is 0 Å². The number of hydrogen-bond acceptors (Lipinski definition) is 4. The lowest BCUT2D eigenvalue weighted by molar-refractivity contribution is -0.0755. The van der Waals surface area contributed by atoms with Gasteiger partial charge >= 0.3 is 6.09 Å². The smallest absolute Gasteiger partial charge is 0.410 e. The number of morpholine rings is 1. The highest BCUT2D eigenvalue weighted by Gasteiger charge is 2.44. The van der Waals surface area contributed by atoms with Crippen LogP contribution >= 0.6 is 0 Å². The van der Waals surface area contributed by atoms with Gasteiger partial charge in [-0.2, -0.15) is 0 Å². The molecule has 0 aliphatic carbocycles. The summed E-state index contributed by atoms with van der Waals surface area (Å²) in [7, 11) is 0. The summed E-state index contributed by atoms with van der Waals surface area (Å²) >= 11 is 0. The summed E-state index contributed by atoms with van der Waals surface area (Å²) in [5, 5.41) is 0. The zero-order valence-corrected chi connectivity index (χ0v) is 16.3. The number of ketones is 1. The van der Waals surface area contributed by atoms with Crippen LogP contribution in [0.25, 0.3) is 0 Å². The van der Waals surface area contributed by atoms with Gasteiger partial charge in [-0.15, -0.1) is 0 Å². The fourth-order valence-electron chi connectivity index (χ4n) is 4.20. The molecule has 0 saturated carbocycles. The predicted octanol–water partition coefficient (Wildman–Crippen LogP) is 4.13. The second kappa shape index (κ2) is 8.33. The number of aryl methyl sites for hydroxylation is 1. The van der Waals surface area contributed by atoms with Gasteiger partial charge in [0.15, 0.2) is 5.78 Å². The number of Topliss-reactive ketones (excluding diaryl/α,β-unsaturated/α-hetero) is 1. The molecule has 0 N–H and O–H groups in total. The molecular weight excluding hydrogens is 373 g/mol. The van der Waals surface area contributed by atoms with E-state index in [2.05, 4.69) is 0 Å². The number of fused-ring (bicyclic) bond motifs is 2. The van der Waals surface area contributed by atoms with Crippen molar-refractivity contribution in [3.63, 3.8) is 0 Å². The molecule has 2 aliphatic rings.